The van der Waals surface area contributed by atoms with Crippen LogP contribution in [-0.4, -0.2) is 103 Å². The monoisotopic (exact) mass is 741 g/mol. The van der Waals surface area contributed by atoms with Crippen LogP contribution in [0.25, 0.3) is 0 Å². The number of rotatable bonds is 17. The number of amides is 2. The molecule has 1 saturated heterocycles. The smallest absolute Gasteiger partial charge is 0.262 e. The summed E-state index contributed by atoms with van der Waals surface area (Å²) in [6.07, 6.45) is 2.97. The molecule has 3 aromatic carbocycles. The molecule has 0 bridgehead atoms. The van der Waals surface area contributed by atoms with Crippen molar-refractivity contribution in [2.75, 3.05) is 77.2 Å². The molecule has 2 N–H and O–H groups in total. The Morgan fingerprint density at radius 2 is 1.67 bits per heavy atom. The Morgan fingerprint density at radius 1 is 0.944 bits per heavy atom. The van der Waals surface area contributed by atoms with Crippen LogP contribution in [0.5, 0.6) is 23.1 Å². The molecule has 1 aliphatic rings. The lowest BCUT2D eigenvalue weighted by Crippen LogP contribution is -2.44. The summed E-state index contributed by atoms with van der Waals surface area (Å²) in [5, 5.41) is 6.01. The lowest BCUT2D eigenvalue weighted by Gasteiger charge is -2.32. The largest absolute Gasteiger partial charge is 0.493 e. The van der Waals surface area contributed by atoms with Crippen molar-refractivity contribution in [2.24, 2.45) is 0 Å². The minimum Gasteiger partial charge on any atom is -0.493 e. The summed E-state index contributed by atoms with van der Waals surface area (Å²) in [5.74, 6) is -0.0441. The molecule has 2 heterocycles. The molecule has 2 amide bonds. The van der Waals surface area contributed by atoms with Gasteiger partial charge in [-0.1, -0.05) is 24.3 Å². The Hall–Kier alpha value is -5.27. The van der Waals surface area contributed by atoms with Gasteiger partial charge in [0.15, 0.2) is 23.1 Å². The van der Waals surface area contributed by atoms with Gasteiger partial charge in [-0.05, 0) is 88.5 Å². The first kappa shape index (κ1) is 39.9. The van der Waals surface area contributed by atoms with Gasteiger partial charge in [-0.3, -0.25) is 9.59 Å². The Morgan fingerprint density at radius 3 is 2.35 bits per heavy atom. The predicted octanol–water partition coefficient (Wildman–Crippen LogP) is 6.85. The number of piperazine rings is 1. The van der Waals surface area contributed by atoms with Gasteiger partial charge in [-0.15, -0.1) is 0 Å². The molecule has 0 aliphatic carbocycles. The number of hydrogen-bond acceptors (Lipinski definition) is 10. The lowest BCUT2D eigenvalue weighted by atomic mass is 10.1. The molecule has 13 heteroatoms. The van der Waals surface area contributed by atoms with Crippen LogP contribution in [0.1, 0.15) is 53.7 Å². The number of benzene rings is 3. The van der Waals surface area contributed by atoms with Crippen molar-refractivity contribution in [3.05, 3.63) is 88.9 Å². The number of nitrogens with one attached hydrogen (secondary N) is 2. The van der Waals surface area contributed by atoms with Gasteiger partial charge in [0.1, 0.15) is 5.56 Å². The summed E-state index contributed by atoms with van der Waals surface area (Å²) >= 11 is 0. The normalized spacial score (nSPS) is 13.3. The highest BCUT2D eigenvalue weighted by molar-refractivity contribution is 6.06. The van der Waals surface area contributed by atoms with Crippen molar-refractivity contribution in [1.29, 1.82) is 0 Å². The topological polar surface area (TPSA) is 121 Å². The minimum atomic E-state index is -0.526. The average Bonchev–Trinajstić information content (AvgIpc) is 3.16. The summed E-state index contributed by atoms with van der Waals surface area (Å²) in [6, 6.07) is 15.7. The summed E-state index contributed by atoms with van der Waals surface area (Å²) in [5.41, 5.74) is 3.75. The van der Waals surface area contributed by atoms with E-state index in [0.717, 1.165) is 55.8 Å². The SMILES string of the molecule is CCN(CC)C(=O)CCc1ccc(OC)c(Oc2nc(Nc3ccc(OCCCN4CCN(C)CC4)c(F)c3)ncc2C(=O)Nc2c(C)cccc2C)c1. The van der Waals surface area contributed by atoms with Crippen molar-refractivity contribution < 1.29 is 28.2 Å². The number of likely N-dealkylation sites (N-methyl/N-ethyl adjacent to an activating group) is 1. The van der Waals surface area contributed by atoms with Crippen molar-refractivity contribution >= 4 is 29.1 Å². The van der Waals surface area contributed by atoms with E-state index in [1.807, 2.05) is 52.0 Å². The van der Waals surface area contributed by atoms with Crippen molar-refractivity contribution in [3.63, 3.8) is 0 Å². The highest BCUT2D eigenvalue weighted by Crippen LogP contribution is 2.35. The molecule has 5 rings (SSSR count). The fourth-order valence-corrected chi connectivity index (χ4v) is 6.27. The molecular formula is C41H52FN7O5. The van der Waals surface area contributed by atoms with Gasteiger partial charge in [-0.2, -0.15) is 4.98 Å². The molecule has 12 nitrogen and oxygen atoms in total. The number of ether oxygens (including phenoxy) is 3. The summed E-state index contributed by atoms with van der Waals surface area (Å²) in [4.78, 5) is 42.0. The molecule has 0 radical (unpaired) electrons. The van der Waals surface area contributed by atoms with Crippen LogP contribution in [0, 0.1) is 19.7 Å². The molecule has 1 aliphatic heterocycles. The number of carbonyl (C=O) groups is 2. The molecule has 0 saturated carbocycles. The van der Waals surface area contributed by atoms with E-state index in [0.29, 0.717) is 55.4 Å². The highest BCUT2D eigenvalue weighted by Gasteiger charge is 2.21. The first-order valence-electron chi connectivity index (χ1n) is 18.6. The minimum absolute atomic E-state index is 0.0494. The van der Waals surface area contributed by atoms with E-state index in [9.17, 15) is 9.59 Å². The van der Waals surface area contributed by atoms with Gasteiger partial charge < -0.3 is 39.5 Å². The number of aromatic nitrogens is 2. The maximum atomic E-state index is 15.2. The molecule has 0 spiro atoms. The second-order valence-corrected chi connectivity index (χ2v) is 13.4. The zero-order chi connectivity index (χ0) is 38.6. The van der Waals surface area contributed by atoms with Crippen LogP contribution in [0.15, 0.2) is 60.8 Å². The van der Waals surface area contributed by atoms with Crippen molar-refractivity contribution in [3.8, 4) is 23.1 Å². The van der Waals surface area contributed by atoms with E-state index in [2.05, 4.69) is 37.4 Å². The van der Waals surface area contributed by atoms with Crippen LogP contribution in [0.2, 0.25) is 0 Å². The molecular weight excluding hydrogens is 689 g/mol. The van der Waals surface area contributed by atoms with Gasteiger partial charge >= 0.3 is 0 Å². The van der Waals surface area contributed by atoms with Gasteiger partial charge in [0.25, 0.3) is 5.91 Å². The van der Waals surface area contributed by atoms with Crippen LogP contribution in [0.4, 0.5) is 21.7 Å². The van der Waals surface area contributed by atoms with E-state index in [1.165, 1.54) is 19.4 Å². The number of halogens is 1. The molecule has 1 fully saturated rings. The zero-order valence-electron chi connectivity index (χ0n) is 32.2. The van der Waals surface area contributed by atoms with E-state index in [-0.39, 0.29) is 29.0 Å². The van der Waals surface area contributed by atoms with E-state index >= 15 is 4.39 Å². The average molecular weight is 742 g/mol. The first-order chi connectivity index (χ1) is 26.1. The predicted molar refractivity (Wildman–Crippen MR) is 209 cm³/mol. The Bertz CT molecular complexity index is 1880. The van der Waals surface area contributed by atoms with Crippen LogP contribution in [-0.2, 0) is 11.2 Å². The number of para-hydroxylation sites is 1. The number of methoxy groups -OCH3 is 1. The Balaban J connectivity index is 1.35. The second kappa shape index (κ2) is 19.2. The number of nitrogens with zero attached hydrogens (tertiary/aromatic N) is 5. The maximum absolute atomic E-state index is 15.2. The van der Waals surface area contributed by atoms with E-state index in [4.69, 9.17) is 14.2 Å². The number of hydrogen-bond donors (Lipinski definition) is 2. The summed E-state index contributed by atoms with van der Waals surface area (Å²) < 4.78 is 32.9. The van der Waals surface area contributed by atoms with Gasteiger partial charge in [-0.25, -0.2) is 9.37 Å². The molecule has 4 aromatic rings. The molecule has 288 valence electrons. The summed E-state index contributed by atoms with van der Waals surface area (Å²) in [6.45, 7) is 14.5. The number of carbonyl (C=O) groups excluding carboxylic acids is 2. The van der Waals surface area contributed by atoms with Crippen molar-refractivity contribution in [1.82, 2.24) is 24.7 Å². The van der Waals surface area contributed by atoms with Crippen molar-refractivity contribution in [2.45, 2.75) is 47.0 Å². The van der Waals surface area contributed by atoms with Crippen LogP contribution >= 0.6 is 0 Å². The molecule has 54 heavy (non-hydrogen) atoms. The maximum Gasteiger partial charge on any atom is 0.262 e. The standard InChI is InChI=1S/C41H52FN7O5/c1-7-49(8-2)37(50)18-14-30-13-16-35(52-6)36(25-30)54-40-32(39(51)45-38-28(3)11-9-12-29(38)4)27-43-41(46-40)44-31-15-17-34(33(42)26-31)53-24-10-19-48-22-20-47(5)21-23-48/h9,11-13,15-17,25-27H,7-8,10,14,18-24H2,1-6H3,(H,45,51)(H,43,44,46). The zero-order valence-corrected chi connectivity index (χ0v) is 32.2. The number of aryl methyl sites for hydroxylation is 3. The quantitative estimate of drug-likeness (QED) is 0.111. The van der Waals surface area contributed by atoms with E-state index < -0.39 is 11.7 Å². The highest BCUT2D eigenvalue weighted by atomic mass is 19.1. The first-order valence-corrected chi connectivity index (χ1v) is 18.6. The second-order valence-electron chi connectivity index (χ2n) is 13.4. The molecule has 0 atom stereocenters. The van der Waals surface area contributed by atoms with E-state index in [1.54, 1.807) is 29.2 Å². The summed E-state index contributed by atoms with van der Waals surface area (Å²) in [7, 11) is 3.64. The van der Waals surface area contributed by atoms with Gasteiger partial charge in [0.05, 0.1) is 13.7 Å². The lowest BCUT2D eigenvalue weighted by molar-refractivity contribution is -0.130. The molecule has 0 unspecified atom stereocenters. The van der Waals surface area contributed by atoms with Crippen LogP contribution < -0.4 is 24.8 Å². The fraction of sp³-hybridized carbons (Fsp3) is 0.415. The molecule has 1 aromatic heterocycles. The Labute approximate surface area is 317 Å². The van der Waals surface area contributed by atoms with Crippen LogP contribution in [0.3, 0.4) is 0 Å². The number of anilines is 3. The van der Waals surface area contributed by atoms with Gasteiger partial charge in [0.2, 0.25) is 17.7 Å². The van der Waals surface area contributed by atoms with Gasteiger partial charge in [0, 0.05) is 75.9 Å². The fourth-order valence-electron chi connectivity index (χ4n) is 6.27. The Kier molecular flexibility index (Phi) is 14.2. The third-order valence-corrected chi connectivity index (χ3v) is 9.56. The third-order valence-electron chi connectivity index (χ3n) is 9.56. The third kappa shape index (κ3) is 10.7.